The van der Waals surface area contributed by atoms with Gasteiger partial charge in [-0.3, -0.25) is 9.59 Å². The minimum Gasteiger partial charge on any atom is -0.342 e. The quantitative estimate of drug-likeness (QED) is 0.808. The van der Waals surface area contributed by atoms with E-state index in [-0.39, 0.29) is 18.4 Å². The highest BCUT2D eigenvalue weighted by molar-refractivity contribution is 7.13. The van der Waals surface area contributed by atoms with Crippen molar-refractivity contribution in [1.82, 2.24) is 14.8 Å². The highest BCUT2D eigenvalue weighted by Crippen LogP contribution is 2.23. The Morgan fingerprint density at radius 2 is 1.75 bits per heavy atom. The van der Waals surface area contributed by atoms with Gasteiger partial charge in [-0.2, -0.15) is 0 Å². The van der Waals surface area contributed by atoms with Gasteiger partial charge in [0, 0.05) is 42.3 Å². The van der Waals surface area contributed by atoms with Crippen molar-refractivity contribution >= 4 is 23.2 Å². The summed E-state index contributed by atoms with van der Waals surface area (Å²) in [6.07, 6.45) is 0. The van der Waals surface area contributed by atoms with Gasteiger partial charge in [0.15, 0.2) is 0 Å². The lowest BCUT2D eigenvalue weighted by Crippen LogP contribution is -2.41. The zero-order chi connectivity index (χ0) is 17.7. The van der Waals surface area contributed by atoms with E-state index in [1.165, 1.54) is 4.90 Å². The molecule has 0 spiro atoms. The van der Waals surface area contributed by atoms with Crippen molar-refractivity contribution in [3.8, 4) is 10.6 Å². The summed E-state index contributed by atoms with van der Waals surface area (Å²) < 4.78 is 0. The molecule has 0 aliphatic rings. The smallest absolute Gasteiger partial charge is 0.254 e. The van der Waals surface area contributed by atoms with Crippen LogP contribution in [0.15, 0.2) is 29.6 Å². The van der Waals surface area contributed by atoms with E-state index in [1.54, 1.807) is 35.4 Å². The van der Waals surface area contributed by atoms with Crippen molar-refractivity contribution < 1.29 is 9.59 Å². The molecule has 0 bridgehead atoms. The van der Waals surface area contributed by atoms with E-state index in [0.29, 0.717) is 18.7 Å². The monoisotopic (exact) mass is 345 g/mol. The predicted molar refractivity (Wildman–Crippen MR) is 97.2 cm³/mol. The molecule has 24 heavy (non-hydrogen) atoms. The summed E-state index contributed by atoms with van der Waals surface area (Å²) in [5, 5.41) is 2.94. The van der Waals surface area contributed by atoms with Crippen LogP contribution in [0.3, 0.4) is 0 Å². The van der Waals surface area contributed by atoms with E-state index in [2.05, 4.69) is 4.98 Å². The number of aromatic nitrogens is 1. The average Bonchev–Trinajstić information content (AvgIpc) is 3.02. The highest BCUT2D eigenvalue weighted by Gasteiger charge is 2.18. The van der Waals surface area contributed by atoms with E-state index in [0.717, 1.165) is 16.3 Å². The summed E-state index contributed by atoms with van der Waals surface area (Å²) in [7, 11) is 1.65. The first-order valence-electron chi connectivity index (χ1n) is 8.02. The summed E-state index contributed by atoms with van der Waals surface area (Å²) in [5.74, 6) is -0.192. The standard InChI is InChI=1S/C18H23N3O2S/c1-5-21(6-2)16(22)11-20(4)18(23)15-9-7-14(8-10-15)17-19-13(3)12-24-17/h7-10,12H,5-6,11H2,1-4H3. The normalized spacial score (nSPS) is 10.5. The molecule has 0 radical (unpaired) electrons. The molecule has 5 nitrogen and oxygen atoms in total. The molecular formula is C18H23N3O2S. The molecule has 0 atom stereocenters. The maximum absolute atomic E-state index is 12.5. The Morgan fingerprint density at radius 3 is 2.25 bits per heavy atom. The Labute approximate surface area is 146 Å². The maximum atomic E-state index is 12.5. The van der Waals surface area contributed by atoms with Crippen LogP contribution in [0, 0.1) is 6.92 Å². The van der Waals surface area contributed by atoms with Gasteiger partial charge < -0.3 is 9.80 Å². The number of nitrogens with zero attached hydrogens (tertiary/aromatic N) is 3. The number of carbonyl (C=O) groups is 2. The molecule has 1 aromatic carbocycles. The van der Waals surface area contributed by atoms with Crippen LogP contribution in [0.4, 0.5) is 0 Å². The number of aryl methyl sites for hydroxylation is 1. The van der Waals surface area contributed by atoms with Crippen LogP contribution in [0.1, 0.15) is 29.9 Å². The number of likely N-dealkylation sites (N-methyl/N-ethyl adjacent to an activating group) is 2. The Morgan fingerprint density at radius 1 is 1.12 bits per heavy atom. The number of hydrogen-bond acceptors (Lipinski definition) is 4. The maximum Gasteiger partial charge on any atom is 0.254 e. The Bertz CT molecular complexity index is 705. The van der Waals surface area contributed by atoms with Crippen LogP contribution < -0.4 is 0 Å². The third-order valence-electron chi connectivity index (χ3n) is 3.83. The van der Waals surface area contributed by atoms with Crippen molar-refractivity contribution in [1.29, 1.82) is 0 Å². The lowest BCUT2D eigenvalue weighted by molar-refractivity contribution is -0.131. The molecule has 0 N–H and O–H groups in total. The molecule has 0 unspecified atom stereocenters. The summed E-state index contributed by atoms with van der Waals surface area (Å²) in [4.78, 5) is 32.2. The topological polar surface area (TPSA) is 53.5 Å². The van der Waals surface area contributed by atoms with Gasteiger partial charge in [0.2, 0.25) is 5.91 Å². The minimum absolute atomic E-state index is 0.0364. The van der Waals surface area contributed by atoms with Crippen LogP contribution in [0.5, 0.6) is 0 Å². The second-order valence-electron chi connectivity index (χ2n) is 5.60. The molecule has 6 heteroatoms. The zero-order valence-corrected chi connectivity index (χ0v) is 15.4. The molecule has 128 valence electrons. The van der Waals surface area contributed by atoms with Crippen molar-refractivity contribution in [2.75, 3.05) is 26.7 Å². The molecule has 2 amide bonds. The number of carbonyl (C=O) groups excluding carboxylic acids is 2. The highest BCUT2D eigenvalue weighted by atomic mass is 32.1. The number of hydrogen-bond donors (Lipinski definition) is 0. The van der Waals surface area contributed by atoms with Gasteiger partial charge in [-0.25, -0.2) is 4.98 Å². The minimum atomic E-state index is -0.155. The molecule has 1 heterocycles. The molecular weight excluding hydrogens is 322 g/mol. The largest absolute Gasteiger partial charge is 0.342 e. The fraction of sp³-hybridized carbons (Fsp3) is 0.389. The van der Waals surface area contributed by atoms with Crippen LogP contribution in [-0.2, 0) is 4.79 Å². The first kappa shape index (κ1) is 18.1. The molecule has 0 aliphatic carbocycles. The first-order valence-corrected chi connectivity index (χ1v) is 8.90. The van der Waals surface area contributed by atoms with Crippen molar-refractivity contribution in [2.45, 2.75) is 20.8 Å². The average molecular weight is 345 g/mol. The van der Waals surface area contributed by atoms with E-state index < -0.39 is 0 Å². The molecule has 2 aromatic rings. The van der Waals surface area contributed by atoms with E-state index in [1.807, 2.05) is 38.3 Å². The van der Waals surface area contributed by atoms with Crippen LogP contribution in [0.25, 0.3) is 10.6 Å². The molecule has 2 rings (SSSR count). The van der Waals surface area contributed by atoms with Crippen molar-refractivity contribution in [2.24, 2.45) is 0 Å². The van der Waals surface area contributed by atoms with Crippen LogP contribution in [-0.4, -0.2) is 53.3 Å². The van der Waals surface area contributed by atoms with Crippen LogP contribution >= 0.6 is 11.3 Å². The SMILES string of the molecule is CCN(CC)C(=O)CN(C)C(=O)c1ccc(-c2nc(C)cs2)cc1. The van der Waals surface area contributed by atoms with Gasteiger partial charge in [-0.15, -0.1) is 11.3 Å². The third-order valence-corrected chi connectivity index (χ3v) is 4.84. The van der Waals surface area contributed by atoms with Gasteiger partial charge in [0.25, 0.3) is 5.91 Å². The second kappa shape index (κ2) is 8.06. The lowest BCUT2D eigenvalue weighted by atomic mass is 10.1. The lowest BCUT2D eigenvalue weighted by Gasteiger charge is -2.23. The van der Waals surface area contributed by atoms with E-state index >= 15 is 0 Å². The summed E-state index contributed by atoms with van der Waals surface area (Å²) in [5.41, 5.74) is 2.55. The Balaban J connectivity index is 2.05. The predicted octanol–water partition coefficient (Wildman–Crippen LogP) is 3.06. The fourth-order valence-corrected chi connectivity index (χ4v) is 3.22. The Kier molecular flexibility index (Phi) is 6.09. The molecule has 0 saturated carbocycles. The van der Waals surface area contributed by atoms with Crippen LogP contribution in [0.2, 0.25) is 0 Å². The van der Waals surface area contributed by atoms with Gasteiger partial charge in [0.1, 0.15) is 5.01 Å². The van der Waals surface area contributed by atoms with Crippen molar-refractivity contribution in [3.05, 3.63) is 40.9 Å². The van der Waals surface area contributed by atoms with Gasteiger partial charge in [0.05, 0.1) is 6.54 Å². The first-order chi connectivity index (χ1) is 11.5. The number of benzene rings is 1. The molecule has 0 fully saturated rings. The summed E-state index contributed by atoms with van der Waals surface area (Å²) >= 11 is 1.58. The zero-order valence-electron chi connectivity index (χ0n) is 14.6. The molecule has 0 saturated heterocycles. The number of thiazole rings is 1. The van der Waals surface area contributed by atoms with Gasteiger partial charge in [-0.05, 0) is 32.9 Å². The van der Waals surface area contributed by atoms with E-state index in [4.69, 9.17) is 0 Å². The van der Waals surface area contributed by atoms with E-state index in [9.17, 15) is 9.59 Å². The molecule has 0 aliphatic heterocycles. The van der Waals surface area contributed by atoms with Gasteiger partial charge in [-0.1, -0.05) is 12.1 Å². The fourth-order valence-electron chi connectivity index (χ4n) is 2.41. The number of amides is 2. The third kappa shape index (κ3) is 4.20. The Hall–Kier alpha value is -2.21. The van der Waals surface area contributed by atoms with Gasteiger partial charge >= 0.3 is 0 Å². The summed E-state index contributed by atoms with van der Waals surface area (Å²) in [6.45, 7) is 7.22. The van der Waals surface area contributed by atoms with Crippen molar-refractivity contribution in [3.63, 3.8) is 0 Å². The number of rotatable bonds is 6. The molecule has 1 aromatic heterocycles. The summed E-state index contributed by atoms with van der Waals surface area (Å²) in [6, 6.07) is 7.36. The second-order valence-corrected chi connectivity index (χ2v) is 6.46.